The largest absolute Gasteiger partial charge is 0.355 e. The maximum absolute atomic E-state index is 8.76. The standard InChI is InChI=1S/C12H22ClNO3/c1-5-6-10(8-14-15)7-11(9(2)13)12(16-3)17-4/h6,11-12,14-15H,2,5,7-8H2,1,3-4H3. The Hall–Kier alpha value is -0.390. The lowest BCUT2D eigenvalue weighted by molar-refractivity contribution is -0.127. The first-order valence-electron chi connectivity index (χ1n) is 5.55. The van der Waals surface area contributed by atoms with E-state index in [1.165, 1.54) is 0 Å². The lowest BCUT2D eigenvalue weighted by Gasteiger charge is -2.25. The van der Waals surface area contributed by atoms with E-state index < -0.39 is 6.29 Å². The van der Waals surface area contributed by atoms with Crippen LogP contribution >= 0.6 is 11.6 Å². The van der Waals surface area contributed by atoms with Gasteiger partial charge in [0.05, 0.1) is 0 Å². The van der Waals surface area contributed by atoms with Crippen molar-refractivity contribution in [2.75, 3.05) is 20.8 Å². The highest BCUT2D eigenvalue weighted by atomic mass is 35.5. The highest BCUT2D eigenvalue weighted by Gasteiger charge is 2.24. The van der Waals surface area contributed by atoms with Gasteiger partial charge in [0, 0.05) is 31.7 Å². The Morgan fingerprint density at radius 3 is 2.41 bits per heavy atom. The summed E-state index contributed by atoms with van der Waals surface area (Å²) in [6.45, 7) is 6.17. The third-order valence-electron chi connectivity index (χ3n) is 2.48. The van der Waals surface area contributed by atoms with Gasteiger partial charge < -0.3 is 14.7 Å². The molecular formula is C12H22ClNO3. The number of allylic oxidation sites excluding steroid dienone is 1. The second-order valence-corrected chi connectivity index (χ2v) is 4.19. The number of hydrogen-bond acceptors (Lipinski definition) is 4. The molecule has 0 aliphatic rings. The molecule has 0 radical (unpaired) electrons. The molecule has 1 atom stereocenters. The highest BCUT2D eigenvalue weighted by molar-refractivity contribution is 6.29. The van der Waals surface area contributed by atoms with Gasteiger partial charge in [0.15, 0.2) is 6.29 Å². The lowest BCUT2D eigenvalue weighted by Crippen LogP contribution is -2.27. The molecule has 0 aliphatic carbocycles. The van der Waals surface area contributed by atoms with Crippen molar-refractivity contribution in [2.24, 2.45) is 5.92 Å². The Bertz CT molecular complexity index is 252. The molecule has 0 saturated heterocycles. The maximum atomic E-state index is 8.76. The first kappa shape index (κ1) is 16.6. The zero-order valence-electron chi connectivity index (χ0n) is 10.7. The third kappa shape index (κ3) is 6.19. The fourth-order valence-electron chi connectivity index (χ4n) is 1.68. The van der Waals surface area contributed by atoms with E-state index in [2.05, 4.69) is 12.1 Å². The van der Waals surface area contributed by atoms with E-state index in [0.29, 0.717) is 18.0 Å². The Balaban J connectivity index is 4.71. The molecule has 1 unspecified atom stereocenters. The van der Waals surface area contributed by atoms with Crippen LogP contribution < -0.4 is 5.48 Å². The molecule has 17 heavy (non-hydrogen) atoms. The molecule has 0 heterocycles. The van der Waals surface area contributed by atoms with Gasteiger partial charge in [-0.2, -0.15) is 0 Å². The minimum Gasteiger partial charge on any atom is -0.355 e. The number of nitrogens with one attached hydrogen (secondary N) is 1. The monoisotopic (exact) mass is 263 g/mol. The molecule has 0 rings (SSSR count). The molecule has 0 aromatic rings. The number of halogens is 1. The first-order valence-corrected chi connectivity index (χ1v) is 5.93. The van der Waals surface area contributed by atoms with Crippen molar-refractivity contribution in [2.45, 2.75) is 26.1 Å². The summed E-state index contributed by atoms with van der Waals surface area (Å²) in [5.74, 6) is -0.141. The summed E-state index contributed by atoms with van der Waals surface area (Å²) in [5.41, 5.74) is 3.19. The summed E-state index contributed by atoms with van der Waals surface area (Å²) < 4.78 is 10.4. The highest BCUT2D eigenvalue weighted by Crippen LogP contribution is 2.27. The van der Waals surface area contributed by atoms with Crippen molar-refractivity contribution < 1.29 is 14.7 Å². The fraction of sp³-hybridized carbons (Fsp3) is 0.667. The second kappa shape index (κ2) is 9.62. The normalized spacial score (nSPS) is 14.1. The van der Waals surface area contributed by atoms with Crippen molar-refractivity contribution in [3.05, 3.63) is 23.3 Å². The molecule has 5 heteroatoms. The van der Waals surface area contributed by atoms with Crippen LogP contribution in [0.4, 0.5) is 0 Å². The Morgan fingerprint density at radius 1 is 1.47 bits per heavy atom. The quantitative estimate of drug-likeness (QED) is 0.382. The fourth-order valence-corrected chi connectivity index (χ4v) is 1.86. The SMILES string of the molecule is C=C(Cl)C(CC(=CCC)CNO)C(OC)OC. The zero-order chi connectivity index (χ0) is 13.3. The summed E-state index contributed by atoms with van der Waals surface area (Å²) in [6, 6.07) is 0. The predicted octanol–water partition coefficient (Wildman–Crippen LogP) is 2.68. The van der Waals surface area contributed by atoms with Crippen molar-refractivity contribution >= 4 is 11.6 Å². The molecule has 0 fully saturated rings. The Kier molecular flexibility index (Phi) is 9.40. The number of hydrogen-bond donors (Lipinski definition) is 2. The average molecular weight is 264 g/mol. The van der Waals surface area contributed by atoms with Crippen LogP contribution in [0.1, 0.15) is 19.8 Å². The van der Waals surface area contributed by atoms with E-state index in [4.69, 9.17) is 26.3 Å². The molecule has 0 saturated carbocycles. The summed E-state index contributed by atoms with van der Waals surface area (Å²) in [5, 5.41) is 9.24. The minimum absolute atomic E-state index is 0.141. The van der Waals surface area contributed by atoms with Crippen molar-refractivity contribution in [1.29, 1.82) is 0 Å². The molecule has 0 amide bonds. The predicted molar refractivity (Wildman–Crippen MR) is 69.1 cm³/mol. The van der Waals surface area contributed by atoms with Crippen LogP contribution in [0, 0.1) is 5.92 Å². The van der Waals surface area contributed by atoms with E-state index in [1.54, 1.807) is 14.2 Å². The second-order valence-electron chi connectivity index (χ2n) is 3.70. The molecule has 4 nitrogen and oxygen atoms in total. The molecule has 0 bridgehead atoms. The van der Waals surface area contributed by atoms with Crippen LogP contribution in [-0.4, -0.2) is 32.3 Å². The minimum atomic E-state index is -0.432. The zero-order valence-corrected chi connectivity index (χ0v) is 11.5. The van der Waals surface area contributed by atoms with E-state index in [9.17, 15) is 0 Å². The van der Waals surface area contributed by atoms with Crippen molar-refractivity contribution in [3.63, 3.8) is 0 Å². The topological polar surface area (TPSA) is 50.7 Å². The van der Waals surface area contributed by atoms with Gasteiger partial charge in [-0.15, -0.1) is 0 Å². The van der Waals surface area contributed by atoms with Gasteiger partial charge >= 0.3 is 0 Å². The number of ether oxygens (including phenoxy) is 2. The van der Waals surface area contributed by atoms with Crippen molar-refractivity contribution in [3.8, 4) is 0 Å². The summed E-state index contributed by atoms with van der Waals surface area (Å²) in [4.78, 5) is 0. The molecule has 0 aromatic carbocycles. The van der Waals surface area contributed by atoms with E-state index in [1.807, 2.05) is 13.0 Å². The van der Waals surface area contributed by atoms with Crippen LogP contribution in [-0.2, 0) is 9.47 Å². The summed E-state index contributed by atoms with van der Waals surface area (Å²) >= 11 is 5.98. The van der Waals surface area contributed by atoms with Crippen LogP contribution in [0.15, 0.2) is 23.3 Å². The van der Waals surface area contributed by atoms with Crippen LogP contribution in [0.5, 0.6) is 0 Å². The van der Waals surface area contributed by atoms with Gasteiger partial charge in [-0.05, 0) is 12.8 Å². The molecule has 2 N–H and O–H groups in total. The third-order valence-corrected chi connectivity index (χ3v) is 2.76. The number of hydroxylamine groups is 1. The summed E-state index contributed by atoms with van der Waals surface area (Å²) in [7, 11) is 3.13. The molecule has 100 valence electrons. The maximum Gasteiger partial charge on any atom is 0.164 e. The van der Waals surface area contributed by atoms with Gasteiger partial charge in [0.25, 0.3) is 0 Å². The molecule has 0 aliphatic heterocycles. The molecule has 0 aromatic heterocycles. The van der Waals surface area contributed by atoms with Gasteiger partial charge in [0.1, 0.15) is 0 Å². The van der Waals surface area contributed by atoms with Gasteiger partial charge in [0.2, 0.25) is 0 Å². The van der Waals surface area contributed by atoms with Gasteiger partial charge in [-0.1, -0.05) is 36.8 Å². The smallest absolute Gasteiger partial charge is 0.164 e. The summed E-state index contributed by atoms with van der Waals surface area (Å²) in [6.07, 6.45) is 3.14. The van der Waals surface area contributed by atoms with Crippen molar-refractivity contribution in [1.82, 2.24) is 5.48 Å². The Labute approximate surface area is 108 Å². The number of rotatable bonds is 9. The first-order chi connectivity index (χ1) is 8.10. The average Bonchev–Trinajstić information content (AvgIpc) is 2.29. The van der Waals surface area contributed by atoms with E-state index >= 15 is 0 Å². The number of methoxy groups -OCH3 is 2. The van der Waals surface area contributed by atoms with Gasteiger partial charge in [-0.25, -0.2) is 5.48 Å². The molecule has 0 spiro atoms. The van der Waals surface area contributed by atoms with Crippen LogP contribution in [0.2, 0.25) is 0 Å². The Morgan fingerprint density at radius 2 is 2.06 bits per heavy atom. The van der Waals surface area contributed by atoms with Gasteiger partial charge in [-0.3, -0.25) is 0 Å². The van der Waals surface area contributed by atoms with Crippen LogP contribution in [0.25, 0.3) is 0 Å². The van der Waals surface area contributed by atoms with E-state index in [0.717, 1.165) is 12.0 Å². The molecular weight excluding hydrogens is 242 g/mol. The van der Waals surface area contributed by atoms with E-state index in [-0.39, 0.29) is 5.92 Å². The lowest BCUT2D eigenvalue weighted by atomic mass is 9.97. The van der Waals surface area contributed by atoms with Crippen LogP contribution in [0.3, 0.4) is 0 Å².